The van der Waals surface area contributed by atoms with Gasteiger partial charge in [-0.1, -0.05) is 17.7 Å². The molecule has 0 fully saturated rings. The molecule has 1 amide bonds. The third-order valence-corrected chi connectivity index (χ3v) is 4.40. The van der Waals surface area contributed by atoms with Crippen LogP contribution in [0.25, 0.3) is 11.0 Å². The highest BCUT2D eigenvalue weighted by Gasteiger charge is 2.36. The van der Waals surface area contributed by atoms with Crippen LogP contribution < -0.4 is 10.1 Å². The Morgan fingerprint density at radius 3 is 2.63 bits per heavy atom. The number of hydrogen-bond donors (Lipinski definition) is 2. The maximum Gasteiger partial charge on any atom is 0.420 e. The zero-order valence-corrected chi connectivity index (χ0v) is 15.8. The number of ether oxygens (including phenoxy) is 1. The first-order valence-corrected chi connectivity index (χ1v) is 8.94. The molecule has 0 saturated heterocycles. The number of H-pyrrole nitrogens is 1. The Hall–Kier alpha value is -3.59. The SMILES string of the molecule is O=C(Nc1nc2c(C(F)(F)F)c(Cl)ccc2[nH]1)c1cccc(Oc2cccnc2)c1. The number of carbonyl (C=O) groups is 1. The van der Waals surface area contributed by atoms with Crippen LogP contribution >= 0.6 is 11.6 Å². The summed E-state index contributed by atoms with van der Waals surface area (Å²) in [7, 11) is 0. The number of hydrogen-bond acceptors (Lipinski definition) is 4. The van der Waals surface area contributed by atoms with Crippen LogP contribution in [0.15, 0.2) is 60.9 Å². The van der Waals surface area contributed by atoms with Crippen molar-refractivity contribution in [3.05, 3.63) is 77.1 Å². The minimum Gasteiger partial charge on any atom is -0.456 e. The first-order chi connectivity index (χ1) is 14.3. The van der Waals surface area contributed by atoms with E-state index in [4.69, 9.17) is 16.3 Å². The maximum absolute atomic E-state index is 13.3. The molecule has 2 aromatic carbocycles. The summed E-state index contributed by atoms with van der Waals surface area (Å²) < 4.78 is 45.5. The third kappa shape index (κ3) is 4.06. The predicted molar refractivity (Wildman–Crippen MR) is 105 cm³/mol. The Kier molecular flexibility index (Phi) is 5.04. The number of nitrogens with one attached hydrogen (secondary N) is 2. The number of amides is 1. The Balaban J connectivity index is 1.59. The maximum atomic E-state index is 13.3. The minimum absolute atomic E-state index is 0.0932. The molecule has 2 aromatic heterocycles. The van der Waals surface area contributed by atoms with E-state index in [1.165, 1.54) is 24.4 Å². The molecule has 0 saturated carbocycles. The summed E-state index contributed by atoms with van der Waals surface area (Å²) in [6.07, 6.45) is -1.57. The molecular weight excluding hydrogens is 421 g/mol. The highest BCUT2D eigenvalue weighted by atomic mass is 35.5. The molecule has 0 aliphatic carbocycles. The fraction of sp³-hybridized carbons (Fsp3) is 0.0500. The van der Waals surface area contributed by atoms with E-state index in [1.54, 1.807) is 30.5 Å². The second-order valence-electron chi connectivity index (χ2n) is 6.17. The lowest BCUT2D eigenvalue weighted by Gasteiger charge is -2.08. The summed E-state index contributed by atoms with van der Waals surface area (Å²) in [5, 5.41) is 1.98. The van der Waals surface area contributed by atoms with Gasteiger partial charge in [0.1, 0.15) is 22.6 Å². The van der Waals surface area contributed by atoms with E-state index >= 15 is 0 Å². The molecule has 152 valence electrons. The largest absolute Gasteiger partial charge is 0.456 e. The van der Waals surface area contributed by atoms with Crippen molar-refractivity contribution in [2.45, 2.75) is 6.18 Å². The van der Waals surface area contributed by atoms with Crippen LogP contribution in [0.3, 0.4) is 0 Å². The summed E-state index contributed by atoms with van der Waals surface area (Å²) in [5.74, 6) is 0.169. The number of benzene rings is 2. The normalized spacial score (nSPS) is 11.5. The van der Waals surface area contributed by atoms with Gasteiger partial charge in [-0.15, -0.1) is 0 Å². The van der Waals surface area contributed by atoms with Gasteiger partial charge in [0.25, 0.3) is 5.91 Å². The number of aromatic nitrogens is 3. The van der Waals surface area contributed by atoms with Gasteiger partial charge >= 0.3 is 6.18 Å². The van der Waals surface area contributed by atoms with Gasteiger partial charge in [-0.05, 0) is 42.5 Å². The van der Waals surface area contributed by atoms with Gasteiger partial charge in [0, 0.05) is 11.8 Å². The highest BCUT2D eigenvalue weighted by Crippen LogP contribution is 2.39. The molecule has 0 aliphatic heterocycles. The summed E-state index contributed by atoms with van der Waals surface area (Å²) in [6, 6.07) is 12.2. The number of anilines is 1. The van der Waals surface area contributed by atoms with Crippen molar-refractivity contribution in [1.82, 2.24) is 15.0 Å². The summed E-state index contributed by atoms with van der Waals surface area (Å²) >= 11 is 5.70. The van der Waals surface area contributed by atoms with Crippen LogP contribution in [0.2, 0.25) is 5.02 Å². The molecule has 30 heavy (non-hydrogen) atoms. The molecule has 2 N–H and O–H groups in total. The number of pyridine rings is 1. The van der Waals surface area contributed by atoms with E-state index in [0.29, 0.717) is 11.5 Å². The topological polar surface area (TPSA) is 79.9 Å². The van der Waals surface area contributed by atoms with Gasteiger partial charge in [0.05, 0.1) is 16.7 Å². The van der Waals surface area contributed by atoms with Crippen LogP contribution in [0, 0.1) is 0 Å². The average molecular weight is 433 g/mol. The van der Waals surface area contributed by atoms with Gasteiger partial charge in [-0.3, -0.25) is 15.1 Å². The van der Waals surface area contributed by atoms with Crippen LogP contribution in [0.4, 0.5) is 19.1 Å². The summed E-state index contributed by atoms with van der Waals surface area (Å²) in [4.78, 5) is 23.0. The Bertz CT molecular complexity index is 1230. The molecule has 2 heterocycles. The molecule has 4 aromatic rings. The number of halogens is 4. The fourth-order valence-corrected chi connectivity index (χ4v) is 3.06. The van der Waals surface area contributed by atoms with E-state index < -0.39 is 22.7 Å². The van der Waals surface area contributed by atoms with Crippen molar-refractivity contribution >= 4 is 34.5 Å². The summed E-state index contributed by atoms with van der Waals surface area (Å²) in [6.45, 7) is 0. The Morgan fingerprint density at radius 1 is 1.10 bits per heavy atom. The zero-order chi connectivity index (χ0) is 21.3. The third-order valence-electron chi connectivity index (χ3n) is 4.09. The monoisotopic (exact) mass is 432 g/mol. The van der Waals surface area contributed by atoms with Gasteiger partial charge in [0.2, 0.25) is 5.95 Å². The Morgan fingerprint density at radius 2 is 1.90 bits per heavy atom. The number of alkyl halides is 3. The number of imidazole rings is 1. The number of fused-ring (bicyclic) bond motifs is 1. The van der Waals surface area contributed by atoms with E-state index in [9.17, 15) is 18.0 Å². The molecular formula is C20H12ClF3N4O2. The zero-order valence-electron chi connectivity index (χ0n) is 15.0. The van der Waals surface area contributed by atoms with Crippen LogP contribution in [-0.2, 0) is 6.18 Å². The molecule has 6 nitrogen and oxygen atoms in total. The van der Waals surface area contributed by atoms with E-state index in [1.807, 2.05) is 0 Å². The molecule has 10 heteroatoms. The quantitative estimate of drug-likeness (QED) is 0.435. The van der Waals surface area contributed by atoms with Crippen molar-refractivity contribution < 1.29 is 22.7 Å². The Labute approximate surface area is 172 Å². The van der Waals surface area contributed by atoms with Crippen LogP contribution in [0.5, 0.6) is 11.5 Å². The number of rotatable bonds is 4. The molecule has 0 radical (unpaired) electrons. The molecule has 0 atom stereocenters. The first-order valence-electron chi connectivity index (χ1n) is 8.56. The second-order valence-corrected chi connectivity index (χ2v) is 6.58. The second kappa shape index (κ2) is 7.68. The van der Waals surface area contributed by atoms with Crippen molar-refractivity contribution in [2.24, 2.45) is 0 Å². The fourth-order valence-electron chi connectivity index (χ4n) is 2.80. The number of nitrogens with zero attached hydrogens (tertiary/aromatic N) is 2. The molecule has 0 spiro atoms. The lowest BCUT2D eigenvalue weighted by Crippen LogP contribution is -2.13. The van der Waals surface area contributed by atoms with Crippen molar-refractivity contribution in [1.29, 1.82) is 0 Å². The predicted octanol–water partition coefficient (Wildman–Crippen LogP) is 5.67. The van der Waals surface area contributed by atoms with Gasteiger partial charge in [-0.2, -0.15) is 13.2 Å². The number of aromatic amines is 1. The average Bonchev–Trinajstić information content (AvgIpc) is 3.09. The van der Waals surface area contributed by atoms with Crippen molar-refractivity contribution in [3.63, 3.8) is 0 Å². The molecule has 0 unspecified atom stereocenters. The lowest BCUT2D eigenvalue weighted by molar-refractivity contribution is -0.136. The van der Waals surface area contributed by atoms with E-state index in [-0.39, 0.29) is 22.5 Å². The van der Waals surface area contributed by atoms with Crippen LogP contribution in [0.1, 0.15) is 15.9 Å². The minimum atomic E-state index is -4.69. The summed E-state index contributed by atoms with van der Waals surface area (Å²) in [5.41, 5.74) is -1.12. The molecule has 0 aliphatic rings. The molecule has 0 bridgehead atoms. The van der Waals surface area contributed by atoms with Crippen LogP contribution in [-0.4, -0.2) is 20.9 Å². The van der Waals surface area contributed by atoms with E-state index in [0.717, 1.165) is 6.07 Å². The van der Waals surface area contributed by atoms with Crippen molar-refractivity contribution in [3.8, 4) is 11.5 Å². The standard InChI is InChI=1S/C20H12ClF3N4O2/c21-14-6-7-15-17(16(14)20(22,23)24)27-19(26-15)28-18(29)11-3-1-4-12(9-11)30-13-5-2-8-25-10-13/h1-10H,(H2,26,27,28,29). The van der Waals surface area contributed by atoms with E-state index in [2.05, 4.69) is 20.3 Å². The van der Waals surface area contributed by atoms with Gasteiger partial charge < -0.3 is 9.72 Å². The van der Waals surface area contributed by atoms with Gasteiger partial charge in [-0.25, -0.2) is 4.98 Å². The highest BCUT2D eigenvalue weighted by molar-refractivity contribution is 6.32. The van der Waals surface area contributed by atoms with Gasteiger partial charge in [0.15, 0.2) is 0 Å². The lowest BCUT2D eigenvalue weighted by atomic mass is 10.2. The smallest absolute Gasteiger partial charge is 0.420 e. The van der Waals surface area contributed by atoms with Crippen molar-refractivity contribution in [2.75, 3.05) is 5.32 Å². The number of carbonyl (C=O) groups excluding carboxylic acids is 1. The first kappa shape index (κ1) is 19.7. The molecule has 4 rings (SSSR count).